The summed E-state index contributed by atoms with van der Waals surface area (Å²) in [5.41, 5.74) is 2.03. The van der Waals surface area contributed by atoms with Crippen LogP contribution in [0.25, 0.3) is 10.9 Å². The number of hydrogen-bond donors (Lipinski definition) is 2. The highest BCUT2D eigenvalue weighted by molar-refractivity contribution is 5.92. The van der Waals surface area contributed by atoms with Crippen molar-refractivity contribution in [2.24, 2.45) is 11.8 Å². The first kappa shape index (κ1) is 25.1. The Balaban J connectivity index is 1.39. The van der Waals surface area contributed by atoms with Crippen molar-refractivity contribution in [2.75, 3.05) is 31.5 Å². The molecule has 37 heavy (non-hydrogen) atoms. The normalized spacial score (nSPS) is 21.5. The van der Waals surface area contributed by atoms with Gasteiger partial charge < -0.3 is 15.5 Å². The molecular weight excluding hydrogens is 464 g/mol. The van der Waals surface area contributed by atoms with E-state index in [2.05, 4.69) is 27.7 Å². The lowest BCUT2D eigenvalue weighted by molar-refractivity contribution is -0.138. The van der Waals surface area contributed by atoms with Crippen molar-refractivity contribution in [1.82, 2.24) is 25.1 Å². The molecule has 0 aliphatic carbocycles. The quantitative estimate of drug-likeness (QED) is 0.572. The van der Waals surface area contributed by atoms with E-state index < -0.39 is 6.04 Å². The van der Waals surface area contributed by atoms with E-state index in [1.54, 1.807) is 0 Å². The van der Waals surface area contributed by atoms with E-state index in [0.29, 0.717) is 38.5 Å². The highest BCUT2D eigenvalue weighted by Gasteiger charge is 2.34. The van der Waals surface area contributed by atoms with Crippen LogP contribution in [0.3, 0.4) is 0 Å². The Labute approximate surface area is 218 Å². The summed E-state index contributed by atoms with van der Waals surface area (Å²) in [6, 6.07) is 17.6. The monoisotopic (exact) mass is 500 g/mol. The largest absolute Gasteiger partial charge is 0.358 e. The molecule has 2 amide bonds. The molecule has 2 aliphatic rings. The Morgan fingerprint density at radius 2 is 1.78 bits per heavy atom. The third-order valence-electron chi connectivity index (χ3n) is 7.47. The molecule has 1 aromatic heterocycles. The number of hydrogen-bond acceptors (Lipinski definition) is 6. The van der Waals surface area contributed by atoms with Crippen LogP contribution in [0.4, 0.5) is 5.82 Å². The highest BCUT2D eigenvalue weighted by atomic mass is 16.2. The number of nitrogens with one attached hydrogen (secondary N) is 2. The summed E-state index contributed by atoms with van der Waals surface area (Å²) in [5, 5.41) is 7.48. The van der Waals surface area contributed by atoms with Crippen LogP contribution in [0.5, 0.6) is 0 Å². The van der Waals surface area contributed by atoms with Crippen molar-refractivity contribution < 1.29 is 9.59 Å². The second-order valence-electron chi connectivity index (χ2n) is 10.6. The number of carbonyl (C=O) groups excluding carboxylic acids is 2. The smallest absolute Gasteiger partial charge is 0.242 e. The van der Waals surface area contributed by atoms with Crippen molar-refractivity contribution in [1.29, 1.82) is 0 Å². The SMILES string of the molecule is CC(Cc1ccccc1)C(=O)N1CCN2Cc3nc(c4ccccc4n3)N[C@@H](C(C)C)C(=O)NCC2C1. The van der Waals surface area contributed by atoms with Crippen LogP contribution in [0.15, 0.2) is 54.6 Å². The van der Waals surface area contributed by atoms with E-state index in [1.165, 1.54) is 5.56 Å². The molecule has 3 atom stereocenters. The standard InChI is InChI=1S/C29H36N6O2/c1-19(2)26-28(36)30-16-22-17-35(29(37)20(3)15-21-9-5-4-6-10-21)14-13-34(22)18-25-31-24-12-8-7-11-23(24)27(32-25)33-26/h4-12,19-20,22,26H,13-18H2,1-3H3,(H,30,36)(H,31,32,33)/t20?,22?,26-/m0/s1. The molecule has 3 heterocycles. The molecule has 2 N–H and O–H groups in total. The van der Waals surface area contributed by atoms with Crippen LogP contribution in [-0.2, 0) is 22.6 Å². The van der Waals surface area contributed by atoms with Gasteiger partial charge in [0, 0.05) is 43.5 Å². The number of nitrogens with zero attached hydrogens (tertiary/aromatic N) is 4. The van der Waals surface area contributed by atoms with Crippen molar-refractivity contribution in [2.45, 2.75) is 45.8 Å². The summed E-state index contributed by atoms with van der Waals surface area (Å²) in [6.07, 6.45) is 0.719. The first-order valence-corrected chi connectivity index (χ1v) is 13.3. The molecule has 8 nitrogen and oxygen atoms in total. The molecule has 8 heteroatoms. The van der Waals surface area contributed by atoms with Gasteiger partial charge in [0.25, 0.3) is 0 Å². The molecule has 2 aliphatic heterocycles. The zero-order valence-corrected chi connectivity index (χ0v) is 21.9. The minimum Gasteiger partial charge on any atom is -0.358 e. The molecular formula is C29H36N6O2. The minimum absolute atomic E-state index is 0.0185. The first-order valence-electron chi connectivity index (χ1n) is 13.3. The fourth-order valence-electron chi connectivity index (χ4n) is 5.36. The van der Waals surface area contributed by atoms with Crippen molar-refractivity contribution in [3.05, 3.63) is 66.0 Å². The number of anilines is 1. The number of amides is 2. The third kappa shape index (κ3) is 5.59. The van der Waals surface area contributed by atoms with Crippen LogP contribution in [0.1, 0.15) is 32.2 Å². The summed E-state index contributed by atoms with van der Waals surface area (Å²) >= 11 is 0. The zero-order chi connectivity index (χ0) is 25.9. The Hall–Kier alpha value is -3.52. The van der Waals surface area contributed by atoms with E-state index >= 15 is 0 Å². The van der Waals surface area contributed by atoms with Gasteiger partial charge in [-0.2, -0.15) is 0 Å². The van der Waals surface area contributed by atoms with Crippen LogP contribution in [-0.4, -0.2) is 69.8 Å². The zero-order valence-electron chi connectivity index (χ0n) is 21.9. The third-order valence-corrected chi connectivity index (χ3v) is 7.47. The van der Waals surface area contributed by atoms with Gasteiger partial charge >= 0.3 is 0 Å². The van der Waals surface area contributed by atoms with Crippen LogP contribution >= 0.6 is 0 Å². The molecule has 2 bridgehead atoms. The van der Waals surface area contributed by atoms with Crippen molar-refractivity contribution in [3.63, 3.8) is 0 Å². The van der Waals surface area contributed by atoms with Gasteiger partial charge in [0.1, 0.15) is 17.7 Å². The summed E-state index contributed by atoms with van der Waals surface area (Å²) in [5.74, 6) is 1.48. The Morgan fingerprint density at radius 3 is 2.57 bits per heavy atom. The molecule has 194 valence electrons. The number of benzene rings is 2. The predicted molar refractivity (Wildman–Crippen MR) is 145 cm³/mol. The second kappa shape index (κ2) is 10.8. The van der Waals surface area contributed by atoms with Crippen molar-refractivity contribution >= 4 is 28.5 Å². The van der Waals surface area contributed by atoms with Crippen molar-refractivity contribution in [3.8, 4) is 0 Å². The molecule has 0 saturated carbocycles. The number of rotatable bonds is 4. The number of carbonyl (C=O) groups is 2. The molecule has 2 unspecified atom stereocenters. The molecule has 1 saturated heterocycles. The number of piperazine rings is 1. The lowest BCUT2D eigenvalue weighted by Crippen LogP contribution is -2.59. The average molecular weight is 501 g/mol. The number of para-hydroxylation sites is 1. The first-order chi connectivity index (χ1) is 17.9. The fourth-order valence-corrected chi connectivity index (χ4v) is 5.36. The molecule has 1 fully saturated rings. The lowest BCUT2D eigenvalue weighted by Gasteiger charge is -2.42. The Bertz CT molecular complexity index is 1260. The van der Waals surface area contributed by atoms with Gasteiger partial charge in [0.05, 0.1) is 12.1 Å². The van der Waals surface area contributed by atoms with Gasteiger partial charge in [-0.1, -0.05) is 63.2 Å². The molecule has 3 aromatic rings. The van der Waals surface area contributed by atoms with Gasteiger partial charge in [-0.05, 0) is 30.0 Å². The summed E-state index contributed by atoms with van der Waals surface area (Å²) < 4.78 is 0. The molecule has 2 aromatic carbocycles. The van der Waals surface area contributed by atoms with Gasteiger partial charge in [-0.15, -0.1) is 0 Å². The van der Waals surface area contributed by atoms with Crippen LogP contribution in [0.2, 0.25) is 0 Å². The predicted octanol–water partition coefficient (Wildman–Crippen LogP) is 3.09. The van der Waals surface area contributed by atoms with E-state index in [9.17, 15) is 9.59 Å². The van der Waals surface area contributed by atoms with Gasteiger partial charge in [0.15, 0.2) is 0 Å². The fraction of sp³-hybridized carbons (Fsp3) is 0.448. The Morgan fingerprint density at radius 1 is 1.03 bits per heavy atom. The average Bonchev–Trinajstić information content (AvgIpc) is 2.92. The van der Waals surface area contributed by atoms with Gasteiger partial charge in [-0.3, -0.25) is 14.5 Å². The van der Waals surface area contributed by atoms with E-state index in [1.807, 2.05) is 68.1 Å². The maximum atomic E-state index is 13.4. The Kier molecular flexibility index (Phi) is 7.37. The topological polar surface area (TPSA) is 90.5 Å². The maximum Gasteiger partial charge on any atom is 0.242 e. The number of aromatic nitrogens is 2. The molecule has 5 rings (SSSR count). The summed E-state index contributed by atoms with van der Waals surface area (Å²) in [4.78, 5) is 40.7. The van der Waals surface area contributed by atoms with Crippen LogP contribution in [0, 0.1) is 11.8 Å². The second-order valence-corrected chi connectivity index (χ2v) is 10.6. The van der Waals surface area contributed by atoms with E-state index in [4.69, 9.17) is 9.97 Å². The maximum absolute atomic E-state index is 13.4. The molecule has 0 spiro atoms. The lowest BCUT2D eigenvalue weighted by atomic mass is 9.99. The van der Waals surface area contributed by atoms with Crippen LogP contribution < -0.4 is 10.6 Å². The van der Waals surface area contributed by atoms with Gasteiger partial charge in [-0.25, -0.2) is 9.97 Å². The highest BCUT2D eigenvalue weighted by Crippen LogP contribution is 2.25. The van der Waals surface area contributed by atoms with E-state index in [0.717, 1.165) is 23.1 Å². The van der Waals surface area contributed by atoms with E-state index in [-0.39, 0.29) is 29.7 Å². The summed E-state index contributed by atoms with van der Waals surface area (Å²) in [7, 11) is 0. The number of fused-ring (bicyclic) bond motifs is 5. The van der Waals surface area contributed by atoms with Gasteiger partial charge in [0.2, 0.25) is 11.8 Å². The molecule has 0 radical (unpaired) electrons. The summed E-state index contributed by atoms with van der Waals surface area (Å²) in [6.45, 7) is 9.02. The minimum atomic E-state index is -0.426.